The monoisotopic (exact) mass is 379 g/mol. The summed E-state index contributed by atoms with van der Waals surface area (Å²) in [6.07, 6.45) is 1.83. The van der Waals surface area contributed by atoms with Gasteiger partial charge < -0.3 is 15.9 Å². The molecule has 0 saturated carbocycles. The first kappa shape index (κ1) is 18.7. The van der Waals surface area contributed by atoms with Gasteiger partial charge in [0.1, 0.15) is 5.75 Å². The largest absolute Gasteiger partial charge is 0.507 e. The zero-order valence-corrected chi connectivity index (χ0v) is 14.0. The smallest absolute Gasteiger partial charge is 0.303 e. The maximum atomic E-state index is 10.6. The second-order valence-electron chi connectivity index (χ2n) is 4.76. The summed E-state index contributed by atoms with van der Waals surface area (Å²) in [6, 6.07) is 14.4. The van der Waals surface area contributed by atoms with E-state index in [4.69, 9.17) is 15.9 Å². The van der Waals surface area contributed by atoms with Crippen LogP contribution in [0.1, 0.15) is 28.8 Å². The van der Waals surface area contributed by atoms with Gasteiger partial charge in [-0.25, -0.2) is 0 Å². The van der Waals surface area contributed by atoms with Gasteiger partial charge in [0, 0.05) is 10.9 Å². The number of hydrogen-bond donors (Lipinski definition) is 3. The lowest BCUT2D eigenvalue weighted by Gasteiger charge is -1.98. The molecule has 2 aromatic carbocycles. The average Bonchev–Trinajstić information content (AvgIpc) is 2.48. The Labute approximate surface area is 142 Å². The highest BCUT2D eigenvalue weighted by molar-refractivity contribution is 9.10. The number of carbonyl (C=O) groups excluding carboxylic acids is 1. The molecule has 0 aliphatic carbocycles. The zero-order valence-electron chi connectivity index (χ0n) is 12.4. The van der Waals surface area contributed by atoms with Gasteiger partial charge in [-0.3, -0.25) is 9.59 Å². The molecule has 6 heteroatoms. The van der Waals surface area contributed by atoms with E-state index in [0.717, 1.165) is 12.8 Å². The second kappa shape index (κ2) is 9.63. The minimum Gasteiger partial charge on any atom is -0.507 e. The van der Waals surface area contributed by atoms with Gasteiger partial charge in [-0.05, 0) is 36.6 Å². The molecule has 0 bridgehead atoms. The van der Waals surface area contributed by atoms with Crippen LogP contribution in [0.2, 0.25) is 0 Å². The molecule has 2 aromatic rings. The van der Waals surface area contributed by atoms with Gasteiger partial charge >= 0.3 is 5.97 Å². The standard InChI is InChI=1S/C10H12O2.C7H6BrNO2/c11-10(12)8-4-7-9-5-2-1-3-6-9;8-4-1-2-5(7(9)11)6(10)3-4/h1-3,5-6H,4,7-8H2,(H,11,12);1-3,10H,(H2,9,11). The number of carboxylic acids is 1. The number of nitrogens with two attached hydrogens (primary N) is 1. The van der Waals surface area contributed by atoms with Crippen molar-refractivity contribution in [1.82, 2.24) is 0 Å². The van der Waals surface area contributed by atoms with E-state index in [2.05, 4.69) is 15.9 Å². The molecule has 0 unspecified atom stereocenters. The topological polar surface area (TPSA) is 101 Å². The van der Waals surface area contributed by atoms with E-state index in [0.29, 0.717) is 4.47 Å². The summed E-state index contributed by atoms with van der Waals surface area (Å²) in [5.74, 6) is -1.45. The predicted molar refractivity (Wildman–Crippen MR) is 91.3 cm³/mol. The number of rotatable bonds is 5. The van der Waals surface area contributed by atoms with Gasteiger partial charge in [-0.1, -0.05) is 46.3 Å². The quantitative estimate of drug-likeness (QED) is 0.741. The molecule has 2 rings (SSSR count). The van der Waals surface area contributed by atoms with Gasteiger partial charge in [0.25, 0.3) is 5.91 Å². The van der Waals surface area contributed by atoms with Crippen molar-refractivity contribution in [2.24, 2.45) is 5.73 Å². The van der Waals surface area contributed by atoms with Crippen molar-refractivity contribution in [2.75, 3.05) is 0 Å². The third-order valence-corrected chi connectivity index (χ3v) is 3.42. The molecule has 0 spiro atoms. The molecule has 0 atom stereocenters. The number of hydrogen-bond acceptors (Lipinski definition) is 3. The maximum Gasteiger partial charge on any atom is 0.303 e. The maximum absolute atomic E-state index is 10.6. The molecule has 0 aromatic heterocycles. The summed E-state index contributed by atoms with van der Waals surface area (Å²) in [5, 5.41) is 17.5. The number of carbonyl (C=O) groups is 2. The van der Waals surface area contributed by atoms with Crippen molar-refractivity contribution in [3.05, 3.63) is 64.1 Å². The lowest BCUT2D eigenvalue weighted by molar-refractivity contribution is -0.137. The number of carboxylic acid groups (broad SMARTS) is 1. The van der Waals surface area contributed by atoms with Crippen LogP contribution < -0.4 is 5.73 Å². The van der Waals surface area contributed by atoms with Crippen molar-refractivity contribution in [3.63, 3.8) is 0 Å². The van der Waals surface area contributed by atoms with E-state index < -0.39 is 11.9 Å². The van der Waals surface area contributed by atoms with Crippen LogP contribution in [0.4, 0.5) is 0 Å². The fourth-order valence-corrected chi connectivity index (χ4v) is 2.15. The normalized spacial score (nSPS) is 9.61. The summed E-state index contributed by atoms with van der Waals surface area (Å²) in [6.45, 7) is 0. The van der Waals surface area contributed by atoms with Crippen molar-refractivity contribution >= 4 is 27.8 Å². The fourth-order valence-electron chi connectivity index (χ4n) is 1.80. The third kappa shape index (κ3) is 7.46. The Morgan fingerprint density at radius 3 is 2.26 bits per heavy atom. The molecule has 4 N–H and O–H groups in total. The molecule has 122 valence electrons. The lowest BCUT2D eigenvalue weighted by Crippen LogP contribution is -2.10. The fraction of sp³-hybridized carbons (Fsp3) is 0.176. The number of halogens is 1. The van der Waals surface area contributed by atoms with Gasteiger partial charge in [-0.15, -0.1) is 0 Å². The molecule has 0 aliphatic heterocycles. The Bertz CT molecular complexity index is 659. The summed E-state index contributed by atoms with van der Waals surface area (Å²) in [7, 11) is 0. The summed E-state index contributed by atoms with van der Waals surface area (Å²) >= 11 is 3.13. The highest BCUT2D eigenvalue weighted by Gasteiger charge is 2.05. The first-order chi connectivity index (χ1) is 10.9. The molecule has 0 aliphatic rings. The molecule has 5 nitrogen and oxygen atoms in total. The molecular weight excluding hydrogens is 362 g/mol. The van der Waals surface area contributed by atoms with Crippen LogP contribution in [0, 0.1) is 0 Å². The molecule has 23 heavy (non-hydrogen) atoms. The number of amides is 1. The summed E-state index contributed by atoms with van der Waals surface area (Å²) in [5.41, 5.74) is 6.29. The number of aromatic hydroxyl groups is 1. The number of primary amides is 1. The Morgan fingerprint density at radius 2 is 1.74 bits per heavy atom. The highest BCUT2D eigenvalue weighted by Crippen LogP contribution is 2.21. The molecular formula is C17H18BrNO4. The minimum atomic E-state index is -0.717. The number of aryl methyl sites for hydroxylation is 1. The van der Waals surface area contributed by atoms with Gasteiger partial charge in [0.15, 0.2) is 0 Å². The minimum absolute atomic E-state index is 0.105. The van der Waals surface area contributed by atoms with E-state index in [1.807, 2.05) is 30.3 Å². The predicted octanol–water partition coefficient (Wildman–Crippen LogP) is 3.35. The van der Waals surface area contributed by atoms with Gasteiger partial charge in [-0.2, -0.15) is 0 Å². The SMILES string of the molecule is NC(=O)c1ccc(Br)cc1O.O=C(O)CCCc1ccccc1. The molecule has 0 heterocycles. The van der Waals surface area contributed by atoms with E-state index in [1.165, 1.54) is 17.7 Å². The first-order valence-corrected chi connectivity index (χ1v) is 7.73. The number of phenols is 1. The summed E-state index contributed by atoms with van der Waals surface area (Å²) in [4.78, 5) is 20.8. The van der Waals surface area contributed by atoms with E-state index in [-0.39, 0.29) is 17.7 Å². The van der Waals surface area contributed by atoms with E-state index >= 15 is 0 Å². The van der Waals surface area contributed by atoms with Crippen LogP contribution in [0.5, 0.6) is 5.75 Å². The van der Waals surface area contributed by atoms with Crippen LogP contribution in [0.25, 0.3) is 0 Å². The van der Waals surface area contributed by atoms with E-state index in [1.54, 1.807) is 6.07 Å². The Morgan fingerprint density at radius 1 is 1.09 bits per heavy atom. The van der Waals surface area contributed by atoms with Crippen molar-refractivity contribution in [1.29, 1.82) is 0 Å². The highest BCUT2D eigenvalue weighted by atomic mass is 79.9. The number of aliphatic carboxylic acids is 1. The molecule has 0 fully saturated rings. The van der Waals surface area contributed by atoms with Crippen LogP contribution >= 0.6 is 15.9 Å². The van der Waals surface area contributed by atoms with Crippen molar-refractivity contribution in [3.8, 4) is 5.75 Å². The van der Waals surface area contributed by atoms with Crippen LogP contribution in [-0.4, -0.2) is 22.1 Å². The number of benzene rings is 2. The second-order valence-corrected chi connectivity index (χ2v) is 5.67. The summed E-state index contributed by atoms with van der Waals surface area (Å²) < 4.78 is 0.708. The van der Waals surface area contributed by atoms with Gasteiger partial charge in [0.05, 0.1) is 5.56 Å². The van der Waals surface area contributed by atoms with Gasteiger partial charge in [0.2, 0.25) is 0 Å². The van der Waals surface area contributed by atoms with Crippen LogP contribution in [-0.2, 0) is 11.2 Å². The van der Waals surface area contributed by atoms with Crippen LogP contribution in [0.15, 0.2) is 53.0 Å². The Kier molecular flexibility index (Phi) is 7.83. The van der Waals surface area contributed by atoms with Crippen molar-refractivity contribution < 1.29 is 19.8 Å². The third-order valence-electron chi connectivity index (χ3n) is 2.92. The molecule has 0 radical (unpaired) electrons. The van der Waals surface area contributed by atoms with Crippen LogP contribution in [0.3, 0.4) is 0 Å². The average molecular weight is 380 g/mol. The van der Waals surface area contributed by atoms with Crippen molar-refractivity contribution in [2.45, 2.75) is 19.3 Å². The first-order valence-electron chi connectivity index (χ1n) is 6.94. The Balaban J connectivity index is 0.000000231. The molecule has 1 amide bonds. The Hall–Kier alpha value is -2.34. The van der Waals surface area contributed by atoms with E-state index in [9.17, 15) is 9.59 Å². The molecule has 0 saturated heterocycles. The zero-order chi connectivity index (χ0) is 17.2. The lowest BCUT2D eigenvalue weighted by atomic mass is 10.1.